The molecular formula is C22H24N2O4. The Labute approximate surface area is 165 Å². The van der Waals surface area contributed by atoms with Crippen molar-refractivity contribution >= 4 is 11.5 Å². The Morgan fingerprint density at radius 2 is 1.61 bits per heavy atom. The summed E-state index contributed by atoms with van der Waals surface area (Å²) in [5.74, 6) is 3.26. The minimum atomic E-state index is 0.549. The number of aromatic nitrogens is 1. The number of nitrogens with zero attached hydrogens (tertiary/aromatic N) is 1. The second-order valence-corrected chi connectivity index (χ2v) is 5.93. The van der Waals surface area contributed by atoms with E-state index in [2.05, 4.69) is 10.3 Å². The molecule has 0 aliphatic rings. The number of hydrogen-bond acceptors (Lipinski definition) is 6. The van der Waals surface area contributed by atoms with Gasteiger partial charge in [0.1, 0.15) is 11.6 Å². The van der Waals surface area contributed by atoms with Crippen molar-refractivity contribution in [2.24, 2.45) is 0 Å². The second kappa shape index (κ2) is 8.99. The van der Waals surface area contributed by atoms with Gasteiger partial charge in [-0.2, -0.15) is 0 Å². The highest BCUT2D eigenvalue weighted by atomic mass is 16.5. The van der Waals surface area contributed by atoms with E-state index >= 15 is 0 Å². The molecule has 3 aromatic rings. The van der Waals surface area contributed by atoms with Crippen LogP contribution in [0.3, 0.4) is 0 Å². The van der Waals surface area contributed by atoms with Crippen LogP contribution in [-0.4, -0.2) is 32.9 Å². The molecule has 0 saturated carbocycles. The molecule has 0 saturated heterocycles. The highest BCUT2D eigenvalue weighted by Crippen LogP contribution is 2.40. The Morgan fingerprint density at radius 3 is 2.18 bits per heavy atom. The van der Waals surface area contributed by atoms with E-state index in [4.69, 9.17) is 18.9 Å². The van der Waals surface area contributed by atoms with Gasteiger partial charge in [-0.05, 0) is 36.8 Å². The van der Waals surface area contributed by atoms with Gasteiger partial charge in [-0.1, -0.05) is 12.1 Å². The van der Waals surface area contributed by atoms with Crippen molar-refractivity contribution < 1.29 is 18.9 Å². The van der Waals surface area contributed by atoms with E-state index in [9.17, 15) is 0 Å². The van der Waals surface area contributed by atoms with Crippen LogP contribution in [0.1, 0.15) is 6.92 Å². The van der Waals surface area contributed by atoms with Crippen LogP contribution in [0.4, 0.5) is 11.5 Å². The molecule has 1 aromatic heterocycles. The Hall–Kier alpha value is -3.41. The van der Waals surface area contributed by atoms with Gasteiger partial charge >= 0.3 is 0 Å². The fraction of sp³-hybridized carbons (Fsp3) is 0.227. The molecule has 0 aliphatic heterocycles. The van der Waals surface area contributed by atoms with Crippen LogP contribution in [0.25, 0.3) is 11.1 Å². The summed E-state index contributed by atoms with van der Waals surface area (Å²) in [5.41, 5.74) is 2.85. The van der Waals surface area contributed by atoms with E-state index in [1.807, 2.05) is 61.7 Å². The predicted molar refractivity (Wildman–Crippen MR) is 110 cm³/mol. The molecule has 0 fully saturated rings. The quantitative estimate of drug-likeness (QED) is 0.599. The first-order valence-electron chi connectivity index (χ1n) is 8.94. The molecule has 1 N–H and O–H groups in total. The molecule has 0 bridgehead atoms. The van der Waals surface area contributed by atoms with E-state index in [0.717, 1.165) is 22.6 Å². The first kappa shape index (κ1) is 19.4. The van der Waals surface area contributed by atoms with Crippen molar-refractivity contribution in [1.82, 2.24) is 4.98 Å². The molecule has 0 aliphatic carbocycles. The first-order valence-corrected chi connectivity index (χ1v) is 8.94. The molecule has 1 heterocycles. The lowest BCUT2D eigenvalue weighted by Gasteiger charge is -2.15. The van der Waals surface area contributed by atoms with Gasteiger partial charge in [0.25, 0.3) is 0 Å². The standard InChI is InChI=1S/C22H24N2O4/c1-5-28-18-8-6-7-15(11-18)16-9-10-21(23-14-16)24-17-12-19(25-2)22(27-4)20(13-17)26-3/h6-14H,5H2,1-4H3,(H,23,24). The smallest absolute Gasteiger partial charge is 0.203 e. The molecule has 0 atom stereocenters. The highest BCUT2D eigenvalue weighted by Gasteiger charge is 2.13. The highest BCUT2D eigenvalue weighted by molar-refractivity contribution is 5.69. The molecule has 146 valence electrons. The number of methoxy groups -OCH3 is 3. The number of anilines is 2. The van der Waals surface area contributed by atoms with Gasteiger partial charge in [-0.3, -0.25) is 0 Å². The van der Waals surface area contributed by atoms with Crippen LogP contribution in [0, 0.1) is 0 Å². The molecule has 28 heavy (non-hydrogen) atoms. The number of hydrogen-bond donors (Lipinski definition) is 1. The summed E-state index contributed by atoms with van der Waals surface area (Å²) in [4.78, 5) is 4.51. The zero-order valence-corrected chi connectivity index (χ0v) is 16.5. The first-order chi connectivity index (χ1) is 13.7. The maximum Gasteiger partial charge on any atom is 0.203 e. The predicted octanol–water partition coefficient (Wildman–Crippen LogP) is 4.92. The fourth-order valence-electron chi connectivity index (χ4n) is 2.87. The van der Waals surface area contributed by atoms with Gasteiger partial charge < -0.3 is 24.3 Å². The van der Waals surface area contributed by atoms with Crippen LogP contribution >= 0.6 is 0 Å². The summed E-state index contributed by atoms with van der Waals surface area (Å²) < 4.78 is 21.7. The summed E-state index contributed by atoms with van der Waals surface area (Å²) in [7, 11) is 4.75. The monoisotopic (exact) mass is 380 g/mol. The maximum absolute atomic E-state index is 5.57. The molecule has 3 rings (SSSR count). The van der Waals surface area contributed by atoms with E-state index in [1.54, 1.807) is 21.3 Å². The van der Waals surface area contributed by atoms with Crippen LogP contribution in [0.5, 0.6) is 23.0 Å². The molecule has 0 unspecified atom stereocenters. The fourth-order valence-corrected chi connectivity index (χ4v) is 2.87. The average Bonchev–Trinajstić information content (AvgIpc) is 2.74. The number of rotatable bonds is 8. The Balaban J connectivity index is 1.82. The summed E-state index contributed by atoms with van der Waals surface area (Å²) in [5, 5.41) is 3.26. The molecule has 6 nitrogen and oxygen atoms in total. The van der Waals surface area contributed by atoms with Gasteiger partial charge in [-0.25, -0.2) is 4.98 Å². The van der Waals surface area contributed by atoms with Crippen molar-refractivity contribution in [1.29, 1.82) is 0 Å². The Morgan fingerprint density at radius 1 is 0.857 bits per heavy atom. The lowest BCUT2D eigenvalue weighted by Crippen LogP contribution is -1.98. The minimum absolute atomic E-state index is 0.549. The molecule has 0 amide bonds. The van der Waals surface area contributed by atoms with Gasteiger partial charge in [0.15, 0.2) is 11.5 Å². The number of benzene rings is 2. The third-order valence-corrected chi connectivity index (χ3v) is 4.18. The summed E-state index contributed by atoms with van der Waals surface area (Å²) >= 11 is 0. The third kappa shape index (κ3) is 4.28. The van der Waals surface area contributed by atoms with E-state index < -0.39 is 0 Å². The van der Waals surface area contributed by atoms with Gasteiger partial charge in [0.05, 0.1) is 27.9 Å². The molecule has 0 radical (unpaired) electrons. The SMILES string of the molecule is CCOc1cccc(-c2ccc(Nc3cc(OC)c(OC)c(OC)c3)nc2)c1. The number of nitrogens with one attached hydrogen (secondary N) is 1. The van der Waals surface area contributed by atoms with Crippen LogP contribution < -0.4 is 24.3 Å². The van der Waals surface area contributed by atoms with E-state index in [0.29, 0.717) is 29.7 Å². The zero-order chi connectivity index (χ0) is 19.9. The van der Waals surface area contributed by atoms with E-state index in [1.165, 1.54) is 0 Å². The molecule has 0 spiro atoms. The Kier molecular flexibility index (Phi) is 6.22. The number of ether oxygens (including phenoxy) is 4. The largest absolute Gasteiger partial charge is 0.494 e. The van der Waals surface area contributed by atoms with Gasteiger partial charge in [0, 0.05) is 29.6 Å². The zero-order valence-electron chi connectivity index (χ0n) is 16.5. The molecule has 6 heteroatoms. The van der Waals surface area contributed by atoms with Gasteiger partial charge in [0.2, 0.25) is 5.75 Å². The van der Waals surface area contributed by atoms with Crippen molar-refractivity contribution in [3.8, 4) is 34.1 Å². The van der Waals surface area contributed by atoms with Crippen molar-refractivity contribution in [2.75, 3.05) is 33.3 Å². The maximum atomic E-state index is 5.57. The summed E-state index contributed by atoms with van der Waals surface area (Å²) in [6, 6.07) is 15.6. The molecular weight excluding hydrogens is 356 g/mol. The van der Waals surface area contributed by atoms with E-state index in [-0.39, 0.29) is 0 Å². The topological polar surface area (TPSA) is 61.8 Å². The Bertz CT molecular complexity index is 901. The second-order valence-electron chi connectivity index (χ2n) is 5.93. The number of pyridine rings is 1. The minimum Gasteiger partial charge on any atom is -0.494 e. The van der Waals surface area contributed by atoms with Gasteiger partial charge in [-0.15, -0.1) is 0 Å². The summed E-state index contributed by atoms with van der Waals surface area (Å²) in [6.45, 7) is 2.61. The van der Waals surface area contributed by atoms with Crippen molar-refractivity contribution in [3.63, 3.8) is 0 Å². The van der Waals surface area contributed by atoms with Crippen LogP contribution in [0.15, 0.2) is 54.7 Å². The van der Waals surface area contributed by atoms with Crippen LogP contribution in [0.2, 0.25) is 0 Å². The summed E-state index contributed by atoms with van der Waals surface area (Å²) in [6.07, 6.45) is 1.82. The third-order valence-electron chi connectivity index (χ3n) is 4.18. The molecule has 2 aromatic carbocycles. The lowest BCUT2D eigenvalue weighted by atomic mass is 10.1. The lowest BCUT2D eigenvalue weighted by molar-refractivity contribution is 0.324. The van der Waals surface area contributed by atoms with Crippen molar-refractivity contribution in [3.05, 3.63) is 54.7 Å². The average molecular weight is 380 g/mol. The normalized spacial score (nSPS) is 10.3. The van der Waals surface area contributed by atoms with Crippen LogP contribution in [-0.2, 0) is 0 Å². The van der Waals surface area contributed by atoms with Crippen molar-refractivity contribution in [2.45, 2.75) is 6.92 Å².